The van der Waals surface area contributed by atoms with Crippen LogP contribution in [0.5, 0.6) is 0 Å². The maximum atomic E-state index is 13.1. The zero-order chi connectivity index (χ0) is 36.6. The van der Waals surface area contributed by atoms with E-state index in [1.165, 1.54) is 7.11 Å². The molecule has 0 saturated heterocycles. The monoisotopic (exact) mass is 688 g/mol. The van der Waals surface area contributed by atoms with E-state index in [0.29, 0.717) is 17.7 Å². The van der Waals surface area contributed by atoms with Gasteiger partial charge in [0.1, 0.15) is 11.6 Å². The summed E-state index contributed by atoms with van der Waals surface area (Å²) in [5.41, 5.74) is -0.921. The molecule has 0 saturated carbocycles. The maximum absolute atomic E-state index is 13.1. The van der Waals surface area contributed by atoms with Gasteiger partial charge in [0.25, 0.3) is 5.91 Å². The van der Waals surface area contributed by atoms with Crippen LogP contribution in [0.2, 0.25) is 36.3 Å². The summed E-state index contributed by atoms with van der Waals surface area (Å²) in [6, 6.07) is 5.54. The van der Waals surface area contributed by atoms with Crippen LogP contribution in [0, 0.1) is 11.8 Å². The molecule has 264 valence electrons. The van der Waals surface area contributed by atoms with Crippen molar-refractivity contribution < 1.29 is 32.7 Å². The molecule has 1 rings (SSSR count). The van der Waals surface area contributed by atoms with E-state index in [1.54, 1.807) is 65.0 Å². The molecule has 1 aromatic carbocycles. The highest BCUT2D eigenvalue weighted by Crippen LogP contribution is 2.39. The quantitative estimate of drug-likeness (QED) is 0.140. The predicted molar refractivity (Wildman–Crippen MR) is 194 cm³/mol. The van der Waals surface area contributed by atoms with E-state index in [0.717, 1.165) is 0 Å². The van der Waals surface area contributed by atoms with Crippen molar-refractivity contribution in [1.29, 1.82) is 0 Å². The molecule has 11 heteroatoms. The van der Waals surface area contributed by atoms with Gasteiger partial charge in [-0.05, 0) is 107 Å². The molecule has 0 aliphatic carbocycles. The molecule has 2 N–H and O–H groups in total. The lowest BCUT2D eigenvalue weighted by Crippen LogP contribution is -2.62. The van der Waals surface area contributed by atoms with Crippen LogP contribution in [0.25, 0.3) is 0 Å². The molecule has 0 aromatic heterocycles. The summed E-state index contributed by atoms with van der Waals surface area (Å²) in [5.74, 6) is 4.98. The zero-order valence-electron chi connectivity index (χ0n) is 31.7. The Morgan fingerprint density at radius 1 is 0.851 bits per heavy atom. The third-order valence-electron chi connectivity index (χ3n) is 8.68. The average Bonchev–Trinajstić information content (AvgIpc) is 2.89. The molecule has 47 heavy (non-hydrogen) atoms. The van der Waals surface area contributed by atoms with E-state index >= 15 is 0 Å². The summed E-state index contributed by atoms with van der Waals surface area (Å²) in [6.45, 7) is 31.1. The van der Waals surface area contributed by atoms with Crippen LogP contribution >= 0.6 is 0 Å². The molecule has 0 aliphatic rings. The summed E-state index contributed by atoms with van der Waals surface area (Å²) in [4.78, 5) is 38.2. The molecule has 0 fully saturated rings. The summed E-state index contributed by atoms with van der Waals surface area (Å²) >= 11 is 0. The fraction of sp³-hybridized carbons (Fsp3) is 0.639. The molecule has 2 atom stereocenters. The van der Waals surface area contributed by atoms with Gasteiger partial charge < -0.3 is 29.0 Å². The molecule has 1 aromatic rings. The van der Waals surface area contributed by atoms with Gasteiger partial charge in [-0.15, -0.1) is 0 Å². The number of hydrogen-bond acceptors (Lipinski definition) is 7. The molecular weight excluding hydrogens is 629 g/mol. The van der Waals surface area contributed by atoms with Crippen LogP contribution in [0.15, 0.2) is 36.4 Å². The Labute approximate surface area is 286 Å². The number of carbonyl (C=O) groups is 3. The number of allylic oxidation sites excluding steroid dienone is 1. The van der Waals surface area contributed by atoms with Gasteiger partial charge >= 0.3 is 12.1 Å². The van der Waals surface area contributed by atoms with Crippen molar-refractivity contribution in [3.05, 3.63) is 47.5 Å². The van der Waals surface area contributed by atoms with Crippen molar-refractivity contribution in [3.8, 4) is 11.8 Å². The average molecular weight is 689 g/mol. The van der Waals surface area contributed by atoms with Crippen molar-refractivity contribution >= 4 is 34.6 Å². The number of carbonyl (C=O) groups excluding carboxylic acids is 3. The molecule has 0 heterocycles. The maximum Gasteiger partial charge on any atom is 0.408 e. The molecule has 0 bridgehead atoms. The van der Waals surface area contributed by atoms with E-state index in [1.807, 2.05) is 6.08 Å². The minimum Gasteiger partial charge on any atom is -0.467 e. The van der Waals surface area contributed by atoms with E-state index < -0.39 is 51.8 Å². The van der Waals surface area contributed by atoms with Crippen molar-refractivity contribution in [3.63, 3.8) is 0 Å². The molecule has 1 unspecified atom stereocenters. The molecule has 0 spiro atoms. The van der Waals surface area contributed by atoms with Crippen LogP contribution in [0.3, 0.4) is 0 Å². The standard InChI is InChI=1S/C36H60N2O7Si2/c1-33(2,3)44-32(41)38-36(10,11)29(31(40)42-12)37-30(39)27-23-21-26(22-24-27)19-17-18-20-28(45-47(15,16)35(7,8)9)25-43-46(13,14)34(4,5)6/h18,20-24,28-29H,25H2,1-16H3,(H,37,39)(H,38,41)/b20-18+/t28?,29-/m1/s1. The first kappa shape index (κ1) is 42.1. The van der Waals surface area contributed by atoms with Gasteiger partial charge in [-0.1, -0.05) is 53.4 Å². The third kappa shape index (κ3) is 13.6. The second kappa shape index (κ2) is 16.0. The van der Waals surface area contributed by atoms with Crippen LogP contribution < -0.4 is 10.6 Å². The first-order valence-electron chi connectivity index (χ1n) is 16.1. The van der Waals surface area contributed by atoms with Gasteiger partial charge in [0.2, 0.25) is 0 Å². The Morgan fingerprint density at radius 3 is 1.85 bits per heavy atom. The van der Waals surface area contributed by atoms with E-state index in [9.17, 15) is 14.4 Å². The minimum absolute atomic E-state index is 0.0526. The largest absolute Gasteiger partial charge is 0.467 e. The van der Waals surface area contributed by atoms with Crippen molar-refractivity contribution in [1.82, 2.24) is 10.6 Å². The zero-order valence-corrected chi connectivity index (χ0v) is 33.7. The number of alkyl carbamates (subject to hydrolysis) is 1. The SMILES string of the molecule is COC(=O)[C@@H](NC(=O)c1ccc(C#C/C=C/C(CO[Si](C)(C)C(C)(C)C)O[Si](C)(C)C(C)(C)C)cc1)C(C)(C)NC(=O)OC(C)(C)C. The number of hydrogen-bond donors (Lipinski definition) is 2. The lowest BCUT2D eigenvalue weighted by atomic mass is 9.94. The van der Waals surface area contributed by atoms with Gasteiger partial charge in [0.15, 0.2) is 16.6 Å². The Bertz CT molecular complexity index is 1320. The summed E-state index contributed by atoms with van der Waals surface area (Å²) in [5, 5.41) is 5.49. The second-order valence-electron chi connectivity index (χ2n) is 16.5. The second-order valence-corrected chi connectivity index (χ2v) is 26.0. The molecular formula is C36H60N2O7Si2. The smallest absolute Gasteiger partial charge is 0.408 e. The number of methoxy groups -OCH3 is 1. The van der Waals surface area contributed by atoms with E-state index in [4.69, 9.17) is 18.3 Å². The lowest BCUT2D eigenvalue weighted by Gasteiger charge is -2.41. The van der Waals surface area contributed by atoms with Gasteiger partial charge in [-0.3, -0.25) is 4.79 Å². The fourth-order valence-electron chi connectivity index (χ4n) is 3.68. The topological polar surface area (TPSA) is 112 Å². The molecule has 0 radical (unpaired) electrons. The van der Waals surface area contributed by atoms with Crippen molar-refractivity contribution in [2.24, 2.45) is 0 Å². The highest BCUT2D eigenvalue weighted by Gasteiger charge is 2.42. The van der Waals surface area contributed by atoms with Crippen molar-refractivity contribution in [2.75, 3.05) is 13.7 Å². The van der Waals surface area contributed by atoms with Crippen LogP contribution in [0.1, 0.15) is 92.1 Å². The Hall–Kier alpha value is -2.92. The van der Waals surface area contributed by atoms with Gasteiger partial charge in [-0.2, -0.15) is 0 Å². The normalized spacial score (nSPS) is 14.5. The van der Waals surface area contributed by atoms with Gasteiger partial charge in [0.05, 0.1) is 25.4 Å². The molecule has 9 nitrogen and oxygen atoms in total. The Kier molecular flexibility index (Phi) is 14.3. The number of esters is 1. The Balaban J connectivity index is 3.10. The molecule has 0 aliphatic heterocycles. The highest BCUT2D eigenvalue weighted by atomic mass is 28.4. The minimum atomic E-state index is -2.06. The first-order valence-corrected chi connectivity index (χ1v) is 21.9. The number of nitrogens with one attached hydrogen (secondary N) is 2. The number of rotatable bonds is 11. The van der Waals surface area contributed by atoms with E-state index in [-0.39, 0.29) is 16.2 Å². The molecule has 2 amide bonds. The van der Waals surface area contributed by atoms with Gasteiger partial charge in [0, 0.05) is 11.1 Å². The van der Waals surface area contributed by atoms with Crippen LogP contribution in [0.4, 0.5) is 4.79 Å². The predicted octanol–water partition coefficient (Wildman–Crippen LogP) is 7.58. The Morgan fingerprint density at radius 2 is 1.38 bits per heavy atom. The van der Waals surface area contributed by atoms with Crippen LogP contribution in [-0.2, 0) is 23.1 Å². The van der Waals surface area contributed by atoms with Crippen LogP contribution in [-0.4, -0.2) is 71.6 Å². The summed E-state index contributed by atoms with van der Waals surface area (Å²) < 4.78 is 23.5. The van der Waals surface area contributed by atoms with E-state index in [2.05, 4.69) is 90.2 Å². The third-order valence-corrected chi connectivity index (χ3v) is 17.7. The van der Waals surface area contributed by atoms with Crippen molar-refractivity contribution in [2.45, 2.75) is 136 Å². The highest BCUT2D eigenvalue weighted by molar-refractivity contribution is 6.74. The fourth-order valence-corrected chi connectivity index (χ4v) is 5.95. The first-order chi connectivity index (χ1) is 21.1. The number of ether oxygens (including phenoxy) is 2. The van der Waals surface area contributed by atoms with Gasteiger partial charge in [-0.25, -0.2) is 9.59 Å². The summed E-state index contributed by atoms with van der Waals surface area (Å²) in [7, 11) is -2.81. The lowest BCUT2D eigenvalue weighted by molar-refractivity contribution is -0.144. The number of benzene rings is 1. The number of amides is 2. The summed E-state index contributed by atoms with van der Waals surface area (Å²) in [6.07, 6.45) is 2.84.